The van der Waals surface area contributed by atoms with Gasteiger partial charge in [0.25, 0.3) is 0 Å². The highest BCUT2D eigenvalue weighted by atomic mass is 31.1. The lowest BCUT2D eigenvalue weighted by Crippen LogP contribution is -2.15. The summed E-state index contributed by atoms with van der Waals surface area (Å²) >= 11 is 0. The van der Waals surface area contributed by atoms with Gasteiger partial charge in [0.15, 0.2) is 6.16 Å². The molecule has 0 aliphatic rings. The quantitative estimate of drug-likeness (QED) is 0.744. The molecule has 0 spiro atoms. The van der Waals surface area contributed by atoms with Gasteiger partial charge in [-0.3, -0.25) is 4.79 Å². The Morgan fingerprint density at radius 2 is 2.00 bits per heavy atom. The van der Waals surface area contributed by atoms with Crippen molar-refractivity contribution in [2.75, 3.05) is 6.16 Å². The summed E-state index contributed by atoms with van der Waals surface area (Å²) in [7, 11) is -0.522. The van der Waals surface area contributed by atoms with Crippen LogP contribution in [0.1, 0.15) is 18.4 Å². The Morgan fingerprint density at radius 3 is 2.56 bits per heavy atom. The second-order valence-electron chi connectivity index (χ2n) is 3.76. The number of carbonyl (C=O) groups is 1. The number of hydrogen-bond acceptors (Lipinski definition) is 2. The van der Waals surface area contributed by atoms with Crippen molar-refractivity contribution in [3.8, 4) is 0 Å². The first-order chi connectivity index (χ1) is 7.74. The zero-order valence-corrected chi connectivity index (χ0v) is 10.1. The van der Waals surface area contributed by atoms with Crippen molar-refractivity contribution in [2.24, 2.45) is 5.92 Å². The average Bonchev–Trinajstić information content (AvgIpc) is 2.29. The predicted molar refractivity (Wildman–Crippen MR) is 64.4 cm³/mol. The molecule has 16 heavy (non-hydrogen) atoms. The van der Waals surface area contributed by atoms with E-state index in [1.165, 1.54) is 5.56 Å². The molecule has 0 saturated heterocycles. The van der Waals surface area contributed by atoms with Crippen LogP contribution in [-0.2, 0) is 15.8 Å². The maximum Gasteiger partial charge on any atom is 0.325 e. The molecule has 3 nitrogen and oxygen atoms in total. The van der Waals surface area contributed by atoms with Crippen LogP contribution in [0.4, 0.5) is 0 Å². The molecule has 2 atom stereocenters. The van der Waals surface area contributed by atoms with E-state index in [1.807, 2.05) is 30.3 Å². The summed E-state index contributed by atoms with van der Waals surface area (Å²) in [6.07, 6.45) is 2.57. The van der Waals surface area contributed by atoms with Crippen molar-refractivity contribution in [1.29, 1.82) is 0 Å². The Morgan fingerprint density at radius 1 is 1.31 bits per heavy atom. The van der Waals surface area contributed by atoms with Crippen molar-refractivity contribution < 1.29 is 14.5 Å². The fourth-order valence-corrected chi connectivity index (χ4v) is 2.19. The number of carboxylic acid groups (broad SMARTS) is 1. The van der Waals surface area contributed by atoms with Crippen molar-refractivity contribution in [3.63, 3.8) is 0 Å². The Balaban J connectivity index is 2.33. The lowest BCUT2D eigenvalue weighted by atomic mass is 10.0. The predicted octanol–water partition coefficient (Wildman–Crippen LogP) is 2.73. The second-order valence-corrected chi connectivity index (χ2v) is 4.46. The van der Waals surface area contributed by atoms with Crippen molar-refractivity contribution in [3.05, 3.63) is 35.9 Å². The van der Waals surface area contributed by atoms with Crippen molar-refractivity contribution >= 4 is 14.4 Å². The normalized spacial score (nSPS) is 12.5. The Kier molecular flexibility index (Phi) is 5.73. The molecule has 2 unspecified atom stereocenters. The summed E-state index contributed by atoms with van der Waals surface area (Å²) in [6, 6.07) is 9.98. The van der Waals surface area contributed by atoms with Gasteiger partial charge < -0.3 is 5.11 Å². The fraction of sp³-hybridized carbons (Fsp3) is 0.417. The van der Waals surface area contributed by atoms with E-state index in [0.29, 0.717) is 6.42 Å². The van der Waals surface area contributed by atoms with E-state index >= 15 is 0 Å². The van der Waals surface area contributed by atoms with E-state index in [9.17, 15) is 9.36 Å². The second kappa shape index (κ2) is 7.13. The summed E-state index contributed by atoms with van der Waals surface area (Å²) in [4.78, 5) is 10.8. The van der Waals surface area contributed by atoms with Gasteiger partial charge in [0.2, 0.25) is 0 Å². The minimum atomic E-state index is -0.837. The first-order valence-electron chi connectivity index (χ1n) is 5.35. The smallest absolute Gasteiger partial charge is 0.325 e. The number of carboxylic acids is 1. The molecule has 1 N–H and O–H groups in total. The highest BCUT2D eigenvalue weighted by Gasteiger charge is 2.20. The average molecular weight is 239 g/mol. The highest BCUT2D eigenvalue weighted by Crippen LogP contribution is 2.15. The summed E-state index contributed by atoms with van der Waals surface area (Å²) < 4.78 is 10.4. The molecule has 0 saturated carbocycles. The van der Waals surface area contributed by atoms with Crippen LogP contribution in [0.25, 0.3) is 0 Å². The Hall–Kier alpha value is -1.21. The number of rotatable bonds is 7. The molecule has 0 heterocycles. The number of aliphatic carboxylic acids is 1. The van der Waals surface area contributed by atoms with Gasteiger partial charge >= 0.3 is 14.4 Å². The van der Waals surface area contributed by atoms with Crippen LogP contribution in [0.2, 0.25) is 0 Å². The molecule has 1 aromatic carbocycles. The molecule has 0 aliphatic heterocycles. The summed E-state index contributed by atoms with van der Waals surface area (Å²) in [5, 5.41) is 8.87. The minimum absolute atomic E-state index is 0.268. The van der Waals surface area contributed by atoms with Crippen LogP contribution in [0.5, 0.6) is 0 Å². The van der Waals surface area contributed by atoms with Crippen LogP contribution in [0.15, 0.2) is 30.3 Å². The molecule has 0 amide bonds. The van der Waals surface area contributed by atoms with Gasteiger partial charge in [-0.05, 0) is 24.8 Å². The third-order valence-electron chi connectivity index (χ3n) is 2.54. The van der Waals surface area contributed by atoms with Crippen LogP contribution < -0.4 is 0 Å². The van der Waals surface area contributed by atoms with Crippen LogP contribution in [0.3, 0.4) is 0 Å². The standard InChI is InChI=1S/C12H15O3P/c13-12(14)11(9-16-15)8-4-7-10-5-2-1-3-6-10/h1-3,5-6,11H,4,7-9H2,(H,13,14)/p+1. The van der Waals surface area contributed by atoms with Gasteiger partial charge in [-0.15, -0.1) is 0 Å². The van der Waals surface area contributed by atoms with Gasteiger partial charge in [0.05, 0.1) is 0 Å². The van der Waals surface area contributed by atoms with Crippen molar-refractivity contribution in [1.82, 2.24) is 0 Å². The Labute approximate surface area is 96.7 Å². The van der Waals surface area contributed by atoms with Gasteiger partial charge in [-0.2, -0.15) is 0 Å². The molecule has 1 rings (SSSR count). The lowest BCUT2D eigenvalue weighted by Gasteiger charge is -2.05. The molecular weight excluding hydrogens is 223 g/mol. The fourth-order valence-electron chi connectivity index (χ4n) is 1.61. The van der Waals surface area contributed by atoms with Gasteiger partial charge in [0, 0.05) is 0 Å². The van der Waals surface area contributed by atoms with E-state index in [1.54, 1.807) is 0 Å². The minimum Gasteiger partial charge on any atom is -0.481 e. The number of aryl methyl sites for hydroxylation is 1. The van der Waals surface area contributed by atoms with E-state index in [2.05, 4.69) is 0 Å². The van der Waals surface area contributed by atoms with Gasteiger partial charge in [-0.1, -0.05) is 34.9 Å². The van der Waals surface area contributed by atoms with Crippen molar-refractivity contribution in [2.45, 2.75) is 19.3 Å². The SMILES string of the molecule is O=[PH+]CC(CCCc1ccccc1)C(=O)O. The van der Waals surface area contributed by atoms with Gasteiger partial charge in [0.1, 0.15) is 5.92 Å². The van der Waals surface area contributed by atoms with E-state index in [0.717, 1.165) is 12.8 Å². The first kappa shape index (κ1) is 12.9. The molecule has 0 aromatic heterocycles. The molecule has 0 radical (unpaired) electrons. The monoisotopic (exact) mass is 239 g/mol. The summed E-state index contributed by atoms with van der Waals surface area (Å²) in [6.45, 7) is 0. The summed E-state index contributed by atoms with van der Waals surface area (Å²) in [5.74, 6) is -1.30. The third kappa shape index (κ3) is 4.54. The van der Waals surface area contributed by atoms with E-state index in [-0.39, 0.29) is 6.16 Å². The summed E-state index contributed by atoms with van der Waals surface area (Å²) in [5.41, 5.74) is 1.22. The largest absolute Gasteiger partial charge is 0.481 e. The van der Waals surface area contributed by atoms with E-state index in [4.69, 9.17) is 5.11 Å². The highest BCUT2D eigenvalue weighted by molar-refractivity contribution is 7.23. The van der Waals surface area contributed by atoms with Gasteiger partial charge in [-0.25, -0.2) is 0 Å². The molecule has 1 aromatic rings. The third-order valence-corrected chi connectivity index (χ3v) is 3.20. The zero-order valence-electron chi connectivity index (χ0n) is 9.06. The topological polar surface area (TPSA) is 54.4 Å². The molecule has 86 valence electrons. The molecule has 0 fully saturated rings. The van der Waals surface area contributed by atoms with Crippen LogP contribution >= 0.6 is 8.46 Å². The maximum absolute atomic E-state index is 10.8. The van der Waals surface area contributed by atoms with E-state index < -0.39 is 20.3 Å². The molecular formula is C12H16O3P+. The van der Waals surface area contributed by atoms with Crippen LogP contribution in [-0.4, -0.2) is 17.2 Å². The zero-order chi connectivity index (χ0) is 11.8. The number of benzene rings is 1. The number of hydrogen-bond donors (Lipinski definition) is 1. The Bertz CT molecular complexity index is 337. The molecule has 0 bridgehead atoms. The van der Waals surface area contributed by atoms with Crippen LogP contribution in [0, 0.1) is 5.92 Å². The maximum atomic E-state index is 10.8. The molecule has 0 aliphatic carbocycles. The molecule has 4 heteroatoms. The lowest BCUT2D eigenvalue weighted by molar-refractivity contribution is -0.141. The first-order valence-corrected chi connectivity index (χ1v) is 6.47.